The van der Waals surface area contributed by atoms with Crippen molar-refractivity contribution in [3.05, 3.63) is 42.1 Å². The molecule has 1 atom stereocenters. The molecule has 0 spiro atoms. The van der Waals surface area contributed by atoms with Gasteiger partial charge in [0.2, 0.25) is 11.9 Å². The number of aryl methyl sites for hydroxylation is 1. The minimum atomic E-state index is -0.922. The minimum Gasteiger partial charge on any atom is -0.324 e. The lowest BCUT2D eigenvalue weighted by molar-refractivity contribution is -0.123. The Hall–Kier alpha value is -2.94. The van der Waals surface area contributed by atoms with Gasteiger partial charge < -0.3 is 5.32 Å². The van der Waals surface area contributed by atoms with E-state index < -0.39 is 5.41 Å². The van der Waals surface area contributed by atoms with Crippen molar-refractivity contribution < 1.29 is 4.79 Å². The summed E-state index contributed by atoms with van der Waals surface area (Å²) in [5.74, 6) is 0.783. The number of hydrogen-bond donors (Lipinski definition) is 1. The molecule has 1 fully saturated rings. The van der Waals surface area contributed by atoms with Gasteiger partial charge in [0.1, 0.15) is 11.2 Å². The van der Waals surface area contributed by atoms with Gasteiger partial charge in [0.05, 0.1) is 6.07 Å². The van der Waals surface area contributed by atoms with Gasteiger partial charge in [-0.2, -0.15) is 10.2 Å². The molecule has 1 amide bonds. The minimum absolute atomic E-state index is 0.173. The molecule has 1 aliphatic rings. The van der Waals surface area contributed by atoms with Gasteiger partial charge in [-0.1, -0.05) is 25.1 Å². The van der Waals surface area contributed by atoms with Crippen LogP contribution in [0.1, 0.15) is 25.3 Å². The molecule has 6 heteroatoms. The molecule has 1 aliphatic heterocycles. The number of nitrogens with zero attached hydrogens (tertiary/aromatic N) is 4. The summed E-state index contributed by atoms with van der Waals surface area (Å²) in [5, 5.41) is 12.6. The Kier molecular flexibility index (Phi) is 4.17. The van der Waals surface area contributed by atoms with Crippen LogP contribution >= 0.6 is 0 Å². The summed E-state index contributed by atoms with van der Waals surface area (Å²) >= 11 is 0. The fourth-order valence-electron chi connectivity index (χ4n) is 2.89. The number of carbonyl (C=O) groups excluding carboxylic acids is 1. The van der Waals surface area contributed by atoms with Crippen LogP contribution in [0.4, 0.5) is 17.5 Å². The third-order valence-electron chi connectivity index (χ3n) is 4.54. The summed E-state index contributed by atoms with van der Waals surface area (Å²) in [5.41, 5.74) is 1.08. The summed E-state index contributed by atoms with van der Waals surface area (Å²) in [6.07, 6.45) is 2.66. The molecule has 0 saturated carbocycles. The number of nitriles is 1. The number of carbonyl (C=O) groups is 1. The quantitative estimate of drug-likeness (QED) is 0.935. The zero-order valence-corrected chi connectivity index (χ0v) is 13.8. The smallest absolute Gasteiger partial charge is 0.248 e. The van der Waals surface area contributed by atoms with E-state index in [0.29, 0.717) is 31.2 Å². The van der Waals surface area contributed by atoms with Crippen LogP contribution in [0.5, 0.6) is 0 Å². The van der Waals surface area contributed by atoms with E-state index in [-0.39, 0.29) is 5.91 Å². The van der Waals surface area contributed by atoms with Crippen molar-refractivity contribution in [2.24, 2.45) is 5.41 Å². The first-order valence-corrected chi connectivity index (χ1v) is 7.98. The van der Waals surface area contributed by atoms with Crippen LogP contribution in [-0.2, 0) is 4.79 Å². The fourth-order valence-corrected chi connectivity index (χ4v) is 2.89. The zero-order chi connectivity index (χ0) is 17.2. The molecule has 0 aliphatic carbocycles. The van der Waals surface area contributed by atoms with Gasteiger partial charge in [0.25, 0.3) is 0 Å². The summed E-state index contributed by atoms with van der Waals surface area (Å²) in [6.45, 7) is 4.37. The van der Waals surface area contributed by atoms with Crippen molar-refractivity contribution in [2.45, 2.75) is 26.7 Å². The fraction of sp³-hybridized carbons (Fsp3) is 0.333. The second kappa shape index (κ2) is 6.28. The second-order valence-corrected chi connectivity index (χ2v) is 5.93. The molecule has 0 radical (unpaired) electrons. The highest BCUT2D eigenvalue weighted by Crippen LogP contribution is 2.36. The SMILES string of the molecule is CCC1(C#N)CCN(c2ccnc(Nc3ccccc3C)n2)C1=O. The molecule has 1 unspecified atom stereocenters. The maximum atomic E-state index is 12.6. The van der Waals surface area contributed by atoms with E-state index in [1.807, 2.05) is 38.1 Å². The van der Waals surface area contributed by atoms with Crippen molar-refractivity contribution in [3.63, 3.8) is 0 Å². The molecule has 6 nitrogen and oxygen atoms in total. The maximum Gasteiger partial charge on any atom is 0.248 e. The van der Waals surface area contributed by atoms with Crippen molar-refractivity contribution in [1.82, 2.24) is 9.97 Å². The van der Waals surface area contributed by atoms with Gasteiger partial charge in [0, 0.05) is 18.4 Å². The summed E-state index contributed by atoms with van der Waals surface area (Å²) in [4.78, 5) is 22.9. The number of benzene rings is 1. The first kappa shape index (κ1) is 15.9. The van der Waals surface area contributed by atoms with E-state index in [1.165, 1.54) is 0 Å². The van der Waals surface area contributed by atoms with Crippen LogP contribution in [0, 0.1) is 23.7 Å². The van der Waals surface area contributed by atoms with Gasteiger partial charge >= 0.3 is 0 Å². The third kappa shape index (κ3) is 2.69. The monoisotopic (exact) mass is 321 g/mol. The molecule has 1 saturated heterocycles. The number of anilines is 3. The highest BCUT2D eigenvalue weighted by Gasteiger charge is 2.46. The Morgan fingerprint density at radius 3 is 2.83 bits per heavy atom. The molecule has 1 aromatic heterocycles. The average molecular weight is 321 g/mol. The molecule has 3 rings (SSSR count). The van der Waals surface area contributed by atoms with E-state index in [1.54, 1.807) is 17.2 Å². The summed E-state index contributed by atoms with van der Waals surface area (Å²) < 4.78 is 0. The van der Waals surface area contributed by atoms with Crippen molar-refractivity contribution in [1.29, 1.82) is 5.26 Å². The van der Waals surface area contributed by atoms with Gasteiger partial charge in [0.15, 0.2) is 0 Å². The number of amides is 1. The van der Waals surface area contributed by atoms with Crippen molar-refractivity contribution in [2.75, 3.05) is 16.8 Å². The highest BCUT2D eigenvalue weighted by molar-refractivity contribution is 6.01. The lowest BCUT2D eigenvalue weighted by Crippen LogP contribution is -2.33. The third-order valence-corrected chi connectivity index (χ3v) is 4.54. The standard InChI is InChI=1S/C18H19N5O/c1-3-18(12-19)9-11-23(16(18)24)15-8-10-20-17(22-15)21-14-7-5-4-6-13(14)2/h4-8,10H,3,9,11H2,1-2H3,(H,20,21,22). The van der Waals surface area contributed by atoms with E-state index in [9.17, 15) is 10.1 Å². The molecular formula is C18H19N5O. The van der Waals surface area contributed by atoms with Crippen molar-refractivity contribution >= 4 is 23.4 Å². The first-order chi connectivity index (χ1) is 11.6. The van der Waals surface area contributed by atoms with Gasteiger partial charge in [-0.05, 0) is 37.5 Å². The van der Waals surface area contributed by atoms with Gasteiger partial charge in [-0.25, -0.2) is 4.98 Å². The molecule has 1 N–H and O–H groups in total. The number of hydrogen-bond acceptors (Lipinski definition) is 5. The van der Waals surface area contributed by atoms with E-state index in [2.05, 4.69) is 21.4 Å². The average Bonchev–Trinajstić information content (AvgIpc) is 2.94. The molecule has 24 heavy (non-hydrogen) atoms. The van der Waals surface area contributed by atoms with Crippen LogP contribution in [-0.4, -0.2) is 22.4 Å². The number of para-hydroxylation sites is 1. The Balaban J connectivity index is 1.86. The highest BCUT2D eigenvalue weighted by atomic mass is 16.2. The molecule has 2 heterocycles. The van der Waals surface area contributed by atoms with E-state index >= 15 is 0 Å². The van der Waals surface area contributed by atoms with Gasteiger partial charge in [-0.3, -0.25) is 9.69 Å². The molecular weight excluding hydrogens is 302 g/mol. The van der Waals surface area contributed by atoms with Crippen LogP contribution in [0.2, 0.25) is 0 Å². The molecule has 2 aromatic rings. The van der Waals surface area contributed by atoms with Gasteiger partial charge in [-0.15, -0.1) is 0 Å². The zero-order valence-electron chi connectivity index (χ0n) is 13.8. The van der Waals surface area contributed by atoms with E-state index in [4.69, 9.17) is 0 Å². The van der Waals surface area contributed by atoms with Crippen LogP contribution in [0.15, 0.2) is 36.5 Å². The largest absolute Gasteiger partial charge is 0.324 e. The lowest BCUT2D eigenvalue weighted by Gasteiger charge is -2.19. The normalized spacial score (nSPS) is 20.0. The molecule has 1 aromatic carbocycles. The summed E-state index contributed by atoms with van der Waals surface area (Å²) in [6, 6.07) is 11.7. The Morgan fingerprint density at radius 2 is 2.17 bits per heavy atom. The number of rotatable bonds is 4. The Labute approximate surface area is 141 Å². The van der Waals surface area contributed by atoms with Crippen molar-refractivity contribution in [3.8, 4) is 6.07 Å². The molecule has 122 valence electrons. The number of nitrogens with one attached hydrogen (secondary N) is 1. The summed E-state index contributed by atoms with van der Waals surface area (Å²) in [7, 11) is 0. The lowest BCUT2D eigenvalue weighted by atomic mass is 9.85. The van der Waals surface area contributed by atoms with Crippen LogP contribution in [0.25, 0.3) is 0 Å². The Morgan fingerprint density at radius 1 is 1.38 bits per heavy atom. The Bertz CT molecular complexity index is 813. The molecule has 0 bridgehead atoms. The van der Waals surface area contributed by atoms with Crippen LogP contribution < -0.4 is 10.2 Å². The van der Waals surface area contributed by atoms with E-state index in [0.717, 1.165) is 11.3 Å². The second-order valence-electron chi connectivity index (χ2n) is 5.93. The first-order valence-electron chi connectivity index (χ1n) is 7.98. The predicted molar refractivity (Wildman–Crippen MR) is 91.8 cm³/mol. The predicted octanol–water partition coefficient (Wildman–Crippen LogP) is 3.19. The van der Waals surface area contributed by atoms with Crippen LogP contribution in [0.3, 0.4) is 0 Å². The maximum absolute atomic E-state index is 12.6. The topological polar surface area (TPSA) is 81.9 Å². The number of aromatic nitrogens is 2.